The number of esters is 4. The zero-order valence-corrected chi connectivity index (χ0v) is 69.6. The largest absolute Gasteiger partial charge is 0.472 e. The van der Waals surface area contributed by atoms with Crippen molar-refractivity contribution in [3.63, 3.8) is 0 Å². The van der Waals surface area contributed by atoms with E-state index in [4.69, 9.17) is 37.0 Å². The van der Waals surface area contributed by atoms with E-state index in [1.54, 1.807) is 0 Å². The second kappa shape index (κ2) is 74.2. The summed E-state index contributed by atoms with van der Waals surface area (Å²) in [5, 5.41) is 10.7. The first-order valence-electron chi connectivity index (χ1n) is 43.4. The van der Waals surface area contributed by atoms with Gasteiger partial charge in [-0.05, 0) is 43.4 Å². The van der Waals surface area contributed by atoms with Crippen LogP contribution in [-0.4, -0.2) is 96.7 Å². The van der Waals surface area contributed by atoms with Crippen molar-refractivity contribution in [1.29, 1.82) is 0 Å². The van der Waals surface area contributed by atoms with Gasteiger partial charge in [-0.3, -0.25) is 37.3 Å². The smallest absolute Gasteiger partial charge is 0.462 e. The highest BCUT2D eigenvalue weighted by atomic mass is 31.2. The van der Waals surface area contributed by atoms with Gasteiger partial charge in [0.05, 0.1) is 26.4 Å². The minimum atomic E-state index is -4.96. The van der Waals surface area contributed by atoms with Gasteiger partial charge in [-0.2, -0.15) is 0 Å². The highest BCUT2D eigenvalue weighted by molar-refractivity contribution is 7.47. The zero-order valence-electron chi connectivity index (χ0n) is 67.8. The normalized spacial score (nSPS) is 14.4. The van der Waals surface area contributed by atoms with Crippen LogP contribution in [0.2, 0.25) is 0 Å². The molecule has 0 amide bonds. The molecule has 0 saturated heterocycles. The lowest BCUT2D eigenvalue weighted by Gasteiger charge is -2.21. The van der Waals surface area contributed by atoms with Crippen LogP contribution in [0, 0.1) is 17.8 Å². The maximum Gasteiger partial charge on any atom is 0.472 e. The summed E-state index contributed by atoms with van der Waals surface area (Å²) in [7, 11) is -9.93. The summed E-state index contributed by atoms with van der Waals surface area (Å²) in [6.07, 6.45) is 63.8. The number of hydrogen-bond acceptors (Lipinski definition) is 15. The van der Waals surface area contributed by atoms with Crippen LogP contribution < -0.4 is 0 Å². The van der Waals surface area contributed by atoms with E-state index in [1.165, 1.54) is 244 Å². The molecule has 0 aromatic rings. The maximum atomic E-state index is 13.1. The first-order valence-corrected chi connectivity index (χ1v) is 46.4. The lowest BCUT2D eigenvalue weighted by Crippen LogP contribution is -2.30. The lowest BCUT2D eigenvalue weighted by molar-refractivity contribution is -0.161. The second-order valence-corrected chi connectivity index (χ2v) is 34.1. The number of carbonyl (C=O) groups is 4. The van der Waals surface area contributed by atoms with Crippen molar-refractivity contribution in [1.82, 2.24) is 0 Å². The number of hydrogen-bond donors (Lipinski definition) is 3. The zero-order chi connectivity index (χ0) is 75.8. The molecule has 0 spiro atoms. The fourth-order valence-corrected chi connectivity index (χ4v) is 14.5. The maximum absolute atomic E-state index is 13.1. The standard InChI is InChI=1S/C84H164O17P2/c1-8-11-12-13-14-15-16-17-18-24-27-33-38-43-51-58-65-81(86)94-71-79(100-83(88)67-60-53-44-39-34-28-25-22-20-19-21-23-26-32-37-42-49-56-63-76(6)9-2)73-98-102(90,91)96-69-78(85)70-97-103(92,93)99-74-80(72-95-82(87)66-59-52-47-46-50-57-64-77(7)10-3)101-84(89)68-61-54-45-40-35-30-29-31-36-41-48-55-62-75(4)5/h75-80,85H,8-74H2,1-7H3,(H,90,91)(H,92,93)/t76?,77?,78-,79-,80-/m1/s1. The fourth-order valence-electron chi connectivity index (χ4n) is 13.0. The summed E-state index contributed by atoms with van der Waals surface area (Å²) in [5.41, 5.74) is 0. The summed E-state index contributed by atoms with van der Waals surface area (Å²) < 4.78 is 68.8. The molecule has 0 aliphatic heterocycles. The van der Waals surface area contributed by atoms with E-state index in [9.17, 15) is 43.2 Å². The van der Waals surface area contributed by atoms with Crippen LogP contribution in [-0.2, 0) is 65.4 Å². The van der Waals surface area contributed by atoms with Gasteiger partial charge in [0.15, 0.2) is 12.2 Å². The van der Waals surface area contributed by atoms with Gasteiger partial charge in [-0.25, -0.2) is 9.13 Å². The van der Waals surface area contributed by atoms with Crippen molar-refractivity contribution < 1.29 is 80.2 Å². The van der Waals surface area contributed by atoms with E-state index in [0.717, 1.165) is 114 Å². The number of ether oxygens (including phenoxy) is 4. The highest BCUT2D eigenvalue weighted by Gasteiger charge is 2.30. The molecule has 19 heteroatoms. The average Bonchev–Trinajstić information content (AvgIpc) is 0.928. The fraction of sp³-hybridized carbons (Fsp3) is 0.952. The molecule has 0 aromatic carbocycles. The monoisotopic (exact) mass is 1510 g/mol. The first kappa shape index (κ1) is 101. The Bertz CT molecular complexity index is 2000. The third kappa shape index (κ3) is 75.3. The van der Waals surface area contributed by atoms with Crippen molar-refractivity contribution in [3.05, 3.63) is 0 Å². The van der Waals surface area contributed by atoms with Crippen LogP contribution in [0.4, 0.5) is 0 Å². The van der Waals surface area contributed by atoms with E-state index >= 15 is 0 Å². The van der Waals surface area contributed by atoms with Crippen LogP contribution in [0.25, 0.3) is 0 Å². The second-order valence-electron chi connectivity index (χ2n) is 31.2. The number of carbonyl (C=O) groups excluding carboxylic acids is 4. The summed E-state index contributed by atoms with van der Waals surface area (Å²) in [5.74, 6) is 0.270. The molecule has 103 heavy (non-hydrogen) atoms. The van der Waals surface area contributed by atoms with Gasteiger partial charge in [-0.1, -0.05) is 389 Å². The van der Waals surface area contributed by atoms with Gasteiger partial charge in [-0.15, -0.1) is 0 Å². The summed E-state index contributed by atoms with van der Waals surface area (Å²) in [4.78, 5) is 73.1. The molecule has 0 aliphatic carbocycles. The third-order valence-electron chi connectivity index (χ3n) is 20.4. The Labute approximate surface area is 632 Å². The Kier molecular flexibility index (Phi) is 72.8. The molecule has 612 valence electrons. The molecular weight excluding hydrogens is 1340 g/mol. The quantitative estimate of drug-likeness (QED) is 0.0222. The molecule has 0 saturated carbocycles. The van der Waals surface area contributed by atoms with Crippen molar-refractivity contribution in [2.24, 2.45) is 17.8 Å². The molecule has 0 heterocycles. The molecule has 0 aromatic heterocycles. The minimum Gasteiger partial charge on any atom is -0.462 e. The Morgan fingerprint density at radius 3 is 0.738 bits per heavy atom. The number of aliphatic hydroxyl groups is 1. The van der Waals surface area contributed by atoms with Gasteiger partial charge in [0, 0.05) is 25.7 Å². The molecule has 0 fully saturated rings. The van der Waals surface area contributed by atoms with Gasteiger partial charge in [0.1, 0.15) is 19.3 Å². The molecule has 0 rings (SSSR count). The van der Waals surface area contributed by atoms with Crippen LogP contribution in [0.3, 0.4) is 0 Å². The molecule has 17 nitrogen and oxygen atoms in total. The Morgan fingerprint density at radius 2 is 0.495 bits per heavy atom. The molecule has 0 aliphatic rings. The van der Waals surface area contributed by atoms with E-state index < -0.39 is 97.5 Å². The Balaban J connectivity index is 5.23. The third-order valence-corrected chi connectivity index (χ3v) is 22.3. The van der Waals surface area contributed by atoms with E-state index in [2.05, 4.69) is 48.5 Å². The summed E-state index contributed by atoms with van der Waals surface area (Å²) in [6, 6.07) is 0. The van der Waals surface area contributed by atoms with E-state index in [0.29, 0.717) is 25.7 Å². The van der Waals surface area contributed by atoms with Crippen molar-refractivity contribution >= 4 is 39.5 Å². The van der Waals surface area contributed by atoms with Crippen LogP contribution in [0.5, 0.6) is 0 Å². The predicted octanol–water partition coefficient (Wildman–Crippen LogP) is 25.3. The van der Waals surface area contributed by atoms with Crippen molar-refractivity contribution in [3.8, 4) is 0 Å². The Hall–Kier alpha value is -1.94. The minimum absolute atomic E-state index is 0.106. The number of rotatable bonds is 82. The topological polar surface area (TPSA) is 237 Å². The molecule has 0 radical (unpaired) electrons. The summed E-state index contributed by atoms with van der Waals surface area (Å²) in [6.45, 7) is 12.0. The van der Waals surface area contributed by atoms with E-state index in [-0.39, 0.29) is 25.7 Å². The number of phosphoric acid groups is 2. The molecular formula is C84H164O17P2. The van der Waals surface area contributed by atoms with E-state index in [1.807, 2.05) is 0 Å². The van der Waals surface area contributed by atoms with Crippen LogP contribution in [0.15, 0.2) is 0 Å². The van der Waals surface area contributed by atoms with Gasteiger partial charge in [0.25, 0.3) is 0 Å². The SMILES string of the molecule is CCCCCCCCCCCCCCCCCCC(=O)OC[C@H](COP(=O)(O)OC[C@@H](O)COP(=O)(O)OC[C@@H](COC(=O)CCCCCCCCC(C)CC)OC(=O)CCCCCCCCCCCCCCC(C)C)OC(=O)CCCCCCCCCCCCCCCCCCCCC(C)CC. The van der Waals surface area contributed by atoms with Crippen LogP contribution >= 0.6 is 15.6 Å². The lowest BCUT2D eigenvalue weighted by atomic mass is 9.99. The Morgan fingerprint density at radius 1 is 0.282 bits per heavy atom. The van der Waals surface area contributed by atoms with Crippen molar-refractivity contribution in [2.45, 2.75) is 458 Å². The molecule has 4 unspecified atom stereocenters. The van der Waals surface area contributed by atoms with Crippen molar-refractivity contribution in [2.75, 3.05) is 39.6 Å². The molecule has 0 bridgehead atoms. The van der Waals surface area contributed by atoms with Gasteiger partial charge in [0.2, 0.25) is 0 Å². The first-order chi connectivity index (χ1) is 49.8. The highest BCUT2D eigenvalue weighted by Crippen LogP contribution is 2.45. The molecule has 7 atom stereocenters. The molecule has 3 N–H and O–H groups in total. The van der Waals surface area contributed by atoms with Gasteiger partial charge >= 0.3 is 39.5 Å². The van der Waals surface area contributed by atoms with Gasteiger partial charge < -0.3 is 33.8 Å². The number of unbranched alkanes of at least 4 members (excludes halogenated alkanes) is 48. The number of phosphoric ester groups is 2. The average molecular weight is 1510 g/mol. The summed E-state index contributed by atoms with van der Waals surface area (Å²) >= 11 is 0. The predicted molar refractivity (Wildman–Crippen MR) is 423 cm³/mol. The number of aliphatic hydroxyl groups excluding tert-OH is 1. The van der Waals surface area contributed by atoms with Crippen LogP contribution in [0.1, 0.15) is 440 Å².